The molecule has 0 spiro atoms. The summed E-state index contributed by atoms with van der Waals surface area (Å²) in [4.78, 5) is 2.53. The zero-order valence-electron chi connectivity index (χ0n) is 13.8. The Balaban J connectivity index is 1.85. The van der Waals surface area contributed by atoms with Gasteiger partial charge in [0.15, 0.2) is 0 Å². The van der Waals surface area contributed by atoms with Crippen LogP contribution in [0.25, 0.3) is 0 Å². The van der Waals surface area contributed by atoms with Crippen LogP contribution in [0.5, 0.6) is 0 Å². The van der Waals surface area contributed by atoms with Gasteiger partial charge in [-0.1, -0.05) is 26.7 Å². The standard InChI is InChI=1S/C17H34N2O/c1-4-18-13-17(9-7-15(2)8-10-17)14-19(3)12-16-6-5-11-20-16/h15-16,18H,4-14H2,1-3H3. The van der Waals surface area contributed by atoms with Crippen LogP contribution in [0.1, 0.15) is 52.4 Å². The summed E-state index contributed by atoms with van der Waals surface area (Å²) in [5, 5.41) is 3.61. The molecule has 3 nitrogen and oxygen atoms in total. The number of hydrogen-bond acceptors (Lipinski definition) is 3. The van der Waals surface area contributed by atoms with Gasteiger partial charge < -0.3 is 15.0 Å². The van der Waals surface area contributed by atoms with Gasteiger partial charge in [-0.05, 0) is 50.6 Å². The molecule has 0 radical (unpaired) electrons. The number of ether oxygens (including phenoxy) is 1. The van der Waals surface area contributed by atoms with Crippen LogP contribution in [0.3, 0.4) is 0 Å². The van der Waals surface area contributed by atoms with Crippen molar-refractivity contribution in [1.82, 2.24) is 10.2 Å². The molecule has 1 atom stereocenters. The highest BCUT2D eigenvalue weighted by molar-refractivity contribution is 4.89. The van der Waals surface area contributed by atoms with Gasteiger partial charge in [0, 0.05) is 26.2 Å². The summed E-state index contributed by atoms with van der Waals surface area (Å²) in [6.07, 6.45) is 8.56. The monoisotopic (exact) mass is 282 g/mol. The second-order valence-electron chi connectivity index (χ2n) is 7.29. The molecule has 1 unspecified atom stereocenters. The van der Waals surface area contributed by atoms with E-state index in [1.807, 2.05) is 0 Å². The van der Waals surface area contributed by atoms with Crippen molar-refractivity contribution in [2.24, 2.45) is 11.3 Å². The van der Waals surface area contributed by atoms with Crippen molar-refractivity contribution in [3.05, 3.63) is 0 Å². The van der Waals surface area contributed by atoms with E-state index in [1.54, 1.807) is 0 Å². The smallest absolute Gasteiger partial charge is 0.0702 e. The minimum Gasteiger partial charge on any atom is -0.377 e. The summed E-state index contributed by atoms with van der Waals surface area (Å²) in [5.74, 6) is 0.924. The SMILES string of the molecule is CCNCC1(CN(C)CC2CCCO2)CCC(C)CC1. The molecule has 1 saturated heterocycles. The Kier molecular flexibility index (Phi) is 6.31. The zero-order chi connectivity index (χ0) is 14.4. The number of nitrogens with zero attached hydrogens (tertiary/aromatic N) is 1. The van der Waals surface area contributed by atoms with Gasteiger partial charge >= 0.3 is 0 Å². The zero-order valence-corrected chi connectivity index (χ0v) is 13.8. The van der Waals surface area contributed by atoms with Crippen molar-refractivity contribution in [3.63, 3.8) is 0 Å². The molecule has 1 saturated carbocycles. The summed E-state index contributed by atoms with van der Waals surface area (Å²) >= 11 is 0. The van der Waals surface area contributed by atoms with Gasteiger partial charge in [0.25, 0.3) is 0 Å². The third kappa shape index (κ3) is 4.71. The Morgan fingerprint density at radius 1 is 1.25 bits per heavy atom. The van der Waals surface area contributed by atoms with E-state index in [4.69, 9.17) is 4.74 Å². The van der Waals surface area contributed by atoms with E-state index in [9.17, 15) is 0 Å². The fraction of sp³-hybridized carbons (Fsp3) is 1.00. The molecular weight excluding hydrogens is 248 g/mol. The van der Waals surface area contributed by atoms with E-state index < -0.39 is 0 Å². The average Bonchev–Trinajstić information content (AvgIpc) is 2.92. The minimum absolute atomic E-state index is 0.485. The van der Waals surface area contributed by atoms with Gasteiger partial charge in [0.05, 0.1) is 6.10 Å². The maximum Gasteiger partial charge on any atom is 0.0702 e. The molecule has 2 rings (SSSR count). The van der Waals surface area contributed by atoms with Crippen LogP contribution >= 0.6 is 0 Å². The van der Waals surface area contributed by atoms with Crippen LogP contribution in [0.4, 0.5) is 0 Å². The van der Waals surface area contributed by atoms with Gasteiger partial charge in [0.1, 0.15) is 0 Å². The maximum atomic E-state index is 5.79. The molecule has 3 heteroatoms. The topological polar surface area (TPSA) is 24.5 Å². The van der Waals surface area contributed by atoms with Gasteiger partial charge in [0.2, 0.25) is 0 Å². The first kappa shape index (κ1) is 16.3. The molecular formula is C17H34N2O. The fourth-order valence-corrected chi connectivity index (χ4v) is 3.93. The van der Waals surface area contributed by atoms with Gasteiger partial charge in [-0.3, -0.25) is 0 Å². The molecule has 0 bridgehead atoms. The largest absolute Gasteiger partial charge is 0.377 e. The van der Waals surface area contributed by atoms with Gasteiger partial charge in [-0.2, -0.15) is 0 Å². The summed E-state index contributed by atoms with van der Waals surface area (Å²) < 4.78 is 5.79. The first-order chi connectivity index (χ1) is 9.63. The Morgan fingerprint density at radius 2 is 2.00 bits per heavy atom. The van der Waals surface area contributed by atoms with Crippen molar-refractivity contribution >= 4 is 0 Å². The van der Waals surface area contributed by atoms with Crippen LogP contribution in [-0.2, 0) is 4.74 Å². The van der Waals surface area contributed by atoms with E-state index in [0.717, 1.165) is 25.6 Å². The highest BCUT2D eigenvalue weighted by Gasteiger charge is 2.35. The molecule has 2 aliphatic rings. The quantitative estimate of drug-likeness (QED) is 0.777. The first-order valence-corrected chi connectivity index (χ1v) is 8.64. The lowest BCUT2D eigenvalue weighted by Gasteiger charge is -2.42. The van der Waals surface area contributed by atoms with Crippen LogP contribution in [0.15, 0.2) is 0 Å². The van der Waals surface area contributed by atoms with E-state index in [-0.39, 0.29) is 0 Å². The Labute approximate surface area is 125 Å². The number of rotatable bonds is 7. The molecule has 2 fully saturated rings. The third-order valence-corrected chi connectivity index (χ3v) is 5.23. The second kappa shape index (κ2) is 7.77. The van der Waals surface area contributed by atoms with E-state index >= 15 is 0 Å². The van der Waals surface area contributed by atoms with Crippen molar-refractivity contribution in [2.75, 3.05) is 39.8 Å². The number of nitrogens with one attached hydrogen (secondary N) is 1. The fourth-order valence-electron chi connectivity index (χ4n) is 3.93. The Hall–Kier alpha value is -0.120. The van der Waals surface area contributed by atoms with E-state index in [1.165, 1.54) is 51.6 Å². The summed E-state index contributed by atoms with van der Waals surface area (Å²) in [7, 11) is 2.29. The molecule has 118 valence electrons. The summed E-state index contributed by atoms with van der Waals surface area (Å²) in [5.41, 5.74) is 0.496. The first-order valence-electron chi connectivity index (χ1n) is 8.64. The van der Waals surface area contributed by atoms with Crippen molar-refractivity contribution < 1.29 is 4.74 Å². The van der Waals surface area contributed by atoms with Crippen molar-refractivity contribution in [2.45, 2.75) is 58.5 Å². The normalized spacial score (nSPS) is 34.8. The summed E-state index contributed by atoms with van der Waals surface area (Å²) in [6, 6.07) is 0. The van der Waals surface area contributed by atoms with Crippen LogP contribution in [-0.4, -0.2) is 50.8 Å². The molecule has 1 N–H and O–H groups in total. The number of likely N-dealkylation sites (N-methyl/N-ethyl adjacent to an activating group) is 1. The molecule has 0 amide bonds. The second-order valence-corrected chi connectivity index (χ2v) is 7.29. The lowest BCUT2D eigenvalue weighted by molar-refractivity contribution is 0.0490. The molecule has 0 aromatic heterocycles. The predicted molar refractivity (Wildman–Crippen MR) is 85.1 cm³/mol. The molecule has 20 heavy (non-hydrogen) atoms. The van der Waals surface area contributed by atoms with Crippen LogP contribution in [0, 0.1) is 11.3 Å². The van der Waals surface area contributed by atoms with E-state index in [2.05, 4.69) is 31.1 Å². The van der Waals surface area contributed by atoms with Crippen LogP contribution < -0.4 is 5.32 Å². The minimum atomic E-state index is 0.485. The predicted octanol–water partition coefficient (Wildman–Crippen LogP) is 2.90. The lowest BCUT2D eigenvalue weighted by atomic mass is 9.70. The van der Waals surface area contributed by atoms with Crippen molar-refractivity contribution in [1.29, 1.82) is 0 Å². The molecule has 1 aliphatic heterocycles. The van der Waals surface area contributed by atoms with Gasteiger partial charge in [-0.25, -0.2) is 0 Å². The third-order valence-electron chi connectivity index (χ3n) is 5.23. The molecule has 0 aromatic rings. The Morgan fingerprint density at radius 3 is 2.60 bits per heavy atom. The summed E-state index contributed by atoms with van der Waals surface area (Å²) in [6.45, 7) is 10.2. The highest BCUT2D eigenvalue weighted by Crippen LogP contribution is 2.39. The molecule has 1 aliphatic carbocycles. The maximum absolute atomic E-state index is 5.79. The van der Waals surface area contributed by atoms with E-state index in [0.29, 0.717) is 11.5 Å². The molecule has 0 aromatic carbocycles. The van der Waals surface area contributed by atoms with Crippen molar-refractivity contribution in [3.8, 4) is 0 Å². The van der Waals surface area contributed by atoms with Crippen LogP contribution in [0.2, 0.25) is 0 Å². The van der Waals surface area contributed by atoms with Gasteiger partial charge in [-0.15, -0.1) is 0 Å². The number of hydrogen-bond donors (Lipinski definition) is 1. The average molecular weight is 282 g/mol. The lowest BCUT2D eigenvalue weighted by Crippen LogP contribution is -2.46. The Bertz CT molecular complexity index is 263. The molecule has 1 heterocycles. The highest BCUT2D eigenvalue weighted by atomic mass is 16.5.